The molecule has 1 amide bonds. The fraction of sp³-hybridized carbons (Fsp3) is 0.500. The van der Waals surface area contributed by atoms with Gasteiger partial charge in [0.2, 0.25) is 0 Å². The maximum absolute atomic E-state index is 11.3. The second-order valence-corrected chi connectivity index (χ2v) is 2.75. The molecule has 0 aromatic carbocycles. The standard InChI is InChI=1S/C8H14N4O/c1-3-4-12-7(8(13)10-2)6(9)5-11-12/h5H,3-4,9H2,1-2H3,(H,10,13). The molecule has 3 N–H and O–H groups in total. The highest BCUT2D eigenvalue weighted by molar-refractivity contribution is 5.97. The number of hydrogen-bond acceptors (Lipinski definition) is 3. The number of rotatable bonds is 3. The molecule has 0 unspecified atom stereocenters. The summed E-state index contributed by atoms with van der Waals surface area (Å²) in [6.45, 7) is 2.73. The lowest BCUT2D eigenvalue weighted by atomic mass is 10.3. The molecule has 0 atom stereocenters. The van der Waals surface area contributed by atoms with Crippen LogP contribution in [0.2, 0.25) is 0 Å². The van der Waals surface area contributed by atoms with Gasteiger partial charge in [-0.15, -0.1) is 0 Å². The number of aromatic nitrogens is 2. The number of nitrogens with zero attached hydrogens (tertiary/aromatic N) is 2. The van der Waals surface area contributed by atoms with Crippen molar-refractivity contribution in [3.63, 3.8) is 0 Å². The molecule has 1 aromatic heterocycles. The largest absolute Gasteiger partial charge is 0.396 e. The summed E-state index contributed by atoms with van der Waals surface area (Å²) in [6, 6.07) is 0. The van der Waals surface area contributed by atoms with Crippen LogP contribution in [0.1, 0.15) is 23.8 Å². The van der Waals surface area contributed by atoms with Crippen LogP contribution in [0.25, 0.3) is 0 Å². The zero-order valence-electron chi connectivity index (χ0n) is 7.87. The first-order valence-corrected chi connectivity index (χ1v) is 4.24. The van der Waals surface area contributed by atoms with Crippen LogP contribution in [0, 0.1) is 0 Å². The minimum atomic E-state index is -0.191. The van der Waals surface area contributed by atoms with E-state index < -0.39 is 0 Å². The van der Waals surface area contributed by atoms with E-state index >= 15 is 0 Å². The first-order chi connectivity index (χ1) is 6.20. The van der Waals surface area contributed by atoms with E-state index in [1.54, 1.807) is 11.7 Å². The first-order valence-electron chi connectivity index (χ1n) is 4.24. The molecular formula is C8H14N4O. The van der Waals surface area contributed by atoms with Crippen LogP contribution in [0.4, 0.5) is 5.69 Å². The average Bonchev–Trinajstić information content (AvgIpc) is 2.47. The molecule has 1 heterocycles. The molecule has 0 saturated heterocycles. The Hall–Kier alpha value is -1.52. The van der Waals surface area contributed by atoms with Crippen LogP contribution in [-0.2, 0) is 6.54 Å². The molecule has 5 nitrogen and oxygen atoms in total. The first kappa shape index (κ1) is 9.57. The number of nitrogen functional groups attached to an aromatic ring is 1. The van der Waals surface area contributed by atoms with E-state index in [2.05, 4.69) is 10.4 Å². The SMILES string of the molecule is CCCn1ncc(N)c1C(=O)NC. The molecule has 0 aliphatic rings. The molecule has 1 aromatic rings. The minimum Gasteiger partial charge on any atom is -0.396 e. The summed E-state index contributed by atoms with van der Waals surface area (Å²) in [5.41, 5.74) is 6.48. The molecule has 0 radical (unpaired) electrons. The van der Waals surface area contributed by atoms with E-state index in [-0.39, 0.29) is 5.91 Å². The summed E-state index contributed by atoms with van der Waals surface area (Å²) in [7, 11) is 1.57. The monoisotopic (exact) mass is 182 g/mol. The van der Waals surface area contributed by atoms with E-state index in [0.717, 1.165) is 6.42 Å². The predicted molar refractivity (Wildman–Crippen MR) is 50.3 cm³/mol. The third-order valence-corrected chi connectivity index (χ3v) is 1.75. The highest BCUT2D eigenvalue weighted by Crippen LogP contribution is 2.10. The lowest BCUT2D eigenvalue weighted by Crippen LogP contribution is -2.23. The average molecular weight is 182 g/mol. The summed E-state index contributed by atoms with van der Waals surface area (Å²) in [5, 5.41) is 6.53. The maximum atomic E-state index is 11.3. The predicted octanol–water partition coefficient (Wildman–Crippen LogP) is 0.235. The van der Waals surface area contributed by atoms with Crippen molar-refractivity contribution in [3.8, 4) is 0 Å². The summed E-state index contributed by atoms with van der Waals surface area (Å²) in [5.74, 6) is -0.191. The number of carbonyl (C=O) groups is 1. The van der Waals surface area contributed by atoms with E-state index in [1.807, 2.05) is 6.92 Å². The van der Waals surface area contributed by atoms with Crippen LogP contribution in [0.15, 0.2) is 6.20 Å². The van der Waals surface area contributed by atoms with Crippen LogP contribution in [0.5, 0.6) is 0 Å². The van der Waals surface area contributed by atoms with E-state index in [9.17, 15) is 4.79 Å². The summed E-state index contributed by atoms with van der Waals surface area (Å²) >= 11 is 0. The Morgan fingerprint density at radius 2 is 2.46 bits per heavy atom. The Morgan fingerprint density at radius 1 is 1.77 bits per heavy atom. The lowest BCUT2D eigenvalue weighted by molar-refractivity contribution is 0.0953. The van der Waals surface area contributed by atoms with Crippen molar-refractivity contribution < 1.29 is 4.79 Å². The zero-order chi connectivity index (χ0) is 9.84. The van der Waals surface area contributed by atoms with Gasteiger partial charge in [0, 0.05) is 13.6 Å². The van der Waals surface area contributed by atoms with Crippen molar-refractivity contribution >= 4 is 11.6 Å². The Bertz CT molecular complexity index is 305. The molecule has 0 aliphatic heterocycles. The highest BCUT2D eigenvalue weighted by atomic mass is 16.1. The van der Waals surface area contributed by atoms with Gasteiger partial charge < -0.3 is 11.1 Å². The Kier molecular flexibility index (Phi) is 2.89. The molecule has 72 valence electrons. The highest BCUT2D eigenvalue weighted by Gasteiger charge is 2.14. The molecule has 1 rings (SSSR count). The molecule has 0 spiro atoms. The number of aryl methyl sites for hydroxylation is 1. The second-order valence-electron chi connectivity index (χ2n) is 2.75. The van der Waals surface area contributed by atoms with Gasteiger partial charge in [-0.2, -0.15) is 5.10 Å². The van der Waals surface area contributed by atoms with Crippen molar-refractivity contribution in [3.05, 3.63) is 11.9 Å². The lowest BCUT2D eigenvalue weighted by Gasteiger charge is -2.04. The molecule has 5 heteroatoms. The van der Waals surface area contributed by atoms with Gasteiger partial charge in [0.25, 0.3) is 5.91 Å². The van der Waals surface area contributed by atoms with E-state index in [4.69, 9.17) is 5.73 Å². The second kappa shape index (κ2) is 3.93. The third-order valence-electron chi connectivity index (χ3n) is 1.75. The van der Waals surface area contributed by atoms with Gasteiger partial charge in [-0.3, -0.25) is 9.48 Å². The van der Waals surface area contributed by atoms with Gasteiger partial charge in [-0.25, -0.2) is 0 Å². The fourth-order valence-electron chi connectivity index (χ4n) is 1.15. The van der Waals surface area contributed by atoms with E-state index in [1.165, 1.54) is 6.20 Å². The minimum absolute atomic E-state index is 0.191. The number of nitrogens with one attached hydrogen (secondary N) is 1. The molecule has 0 fully saturated rings. The summed E-state index contributed by atoms with van der Waals surface area (Å²) in [4.78, 5) is 11.3. The number of amides is 1. The number of carbonyl (C=O) groups excluding carboxylic acids is 1. The molecule has 13 heavy (non-hydrogen) atoms. The van der Waals surface area contributed by atoms with Gasteiger partial charge in [0.05, 0.1) is 11.9 Å². The number of hydrogen-bond donors (Lipinski definition) is 2. The zero-order valence-corrected chi connectivity index (χ0v) is 7.87. The quantitative estimate of drug-likeness (QED) is 0.703. The van der Waals surface area contributed by atoms with Crippen molar-refractivity contribution in [1.29, 1.82) is 0 Å². The summed E-state index contributed by atoms with van der Waals surface area (Å²) < 4.78 is 1.62. The summed E-state index contributed by atoms with van der Waals surface area (Å²) in [6.07, 6.45) is 2.42. The van der Waals surface area contributed by atoms with Gasteiger partial charge >= 0.3 is 0 Å². The van der Waals surface area contributed by atoms with Crippen LogP contribution in [-0.4, -0.2) is 22.7 Å². The topological polar surface area (TPSA) is 72.9 Å². The Labute approximate surface area is 76.9 Å². The van der Waals surface area contributed by atoms with Crippen molar-refractivity contribution in [2.75, 3.05) is 12.8 Å². The smallest absolute Gasteiger partial charge is 0.271 e. The van der Waals surface area contributed by atoms with Gasteiger partial charge in [0.15, 0.2) is 0 Å². The van der Waals surface area contributed by atoms with Crippen LogP contribution < -0.4 is 11.1 Å². The maximum Gasteiger partial charge on any atom is 0.271 e. The van der Waals surface area contributed by atoms with E-state index in [0.29, 0.717) is 17.9 Å². The normalized spacial score (nSPS) is 10.0. The molecule has 0 aliphatic carbocycles. The van der Waals surface area contributed by atoms with Crippen molar-refractivity contribution in [2.24, 2.45) is 0 Å². The van der Waals surface area contributed by atoms with Gasteiger partial charge in [-0.05, 0) is 6.42 Å². The number of anilines is 1. The number of nitrogens with two attached hydrogens (primary N) is 1. The Morgan fingerprint density at radius 3 is 3.00 bits per heavy atom. The molecule has 0 bridgehead atoms. The van der Waals surface area contributed by atoms with Crippen LogP contribution in [0.3, 0.4) is 0 Å². The van der Waals surface area contributed by atoms with Crippen LogP contribution >= 0.6 is 0 Å². The Balaban J connectivity index is 3.01. The fourth-order valence-corrected chi connectivity index (χ4v) is 1.15. The van der Waals surface area contributed by atoms with Gasteiger partial charge in [-0.1, -0.05) is 6.92 Å². The van der Waals surface area contributed by atoms with Crippen molar-refractivity contribution in [1.82, 2.24) is 15.1 Å². The van der Waals surface area contributed by atoms with Gasteiger partial charge in [0.1, 0.15) is 5.69 Å². The molecular weight excluding hydrogens is 168 g/mol. The van der Waals surface area contributed by atoms with Crippen molar-refractivity contribution in [2.45, 2.75) is 19.9 Å². The molecule has 0 saturated carbocycles. The third kappa shape index (κ3) is 1.80.